The minimum atomic E-state index is -0.402. The van der Waals surface area contributed by atoms with Gasteiger partial charge in [-0.2, -0.15) is 0 Å². The van der Waals surface area contributed by atoms with E-state index in [1.165, 1.54) is 0 Å². The van der Waals surface area contributed by atoms with Crippen LogP contribution in [0.5, 0.6) is 0 Å². The fourth-order valence-electron chi connectivity index (χ4n) is 1.64. The number of aromatic nitrogens is 1. The van der Waals surface area contributed by atoms with Crippen molar-refractivity contribution in [3.8, 4) is 0 Å². The lowest BCUT2D eigenvalue weighted by atomic mass is 10.1. The Balaban J connectivity index is 0.000000980. The average Bonchev–Trinajstić information content (AvgIpc) is 2.49. The van der Waals surface area contributed by atoms with Crippen molar-refractivity contribution in [2.75, 3.05) is 6.61 Å². The topological polar surface area (TPSA) is 34.1 Å². The van der Waals surface area contributed by atoms with Crippen molar-refractivity contribution in [2.45, 2.75) is 25.6 Å². The first-order valence-corrected chi connectivity index (χ1v) is 4.54. The van der Waals surface area contributed by atoms with Crippen LogP contribution in [0.1, 0.15) is 19.5 Å². The summed E-state index contributed by atoms with van der Waals surface area (Å²) in [6.45, 7) is 4.86. The molecule has 1 aromatic heterocycles. The molecule has 0 bridgehead atoms. The fraction of sp³-hybridized carbons (Fsp3) is 0.500. The van der Waals surface area contributed by atoms with Gasteiger partial charge in [-0.05, 0) is 26.0 Å². The van der Waals surface area contributed by atoms with E-state index < -0.39 is 5.72 Å². The molecule has 1 aliphatic heterocycles. The molecular formula is C10H15ClN2O. The highest BCUT2D eigenvalue weighted by molar-refractivity contribution is 5.85. The molecule has 2 atom stereocenters. The van der Waals surface area contributed by atoms with E-state index in [0.717, 1.165) is 12.3 Å². The molecule has 0 radical (unpaired) electrons. The zero-order valence-electron chi connectivity index (χ0n) is 8.36. The number of nitrogens with zero attached hydrogens (tertiary/aromatic N) is 1. The number of hydrogen-bond donors (Lipinski definition) is 1. The van der Waals surface area contributed by atoms with Crippen molar-refractivity contribution >= 4 is 12.4 Å². The van der Waals surface area contributed by atoms with E-state index in [4.69, 9.17) is 4.74 Å². The summed E-state index contributed by atoms with van der Waals surface area (Å²) in [4.78, 5) is 4.28. The van der Waals surface area contributed by atoms with Gasteiger partial charge >= 0.3 is 0 Å². The fourth-order valence-corrected chi connectivity index (χ4v) is 1.64. The summed E-state index contributed by atoms with van der Waals surface area (Å²) < 4.78 is 5.67. The highest BCUT2D eigenvalue weighted by Crippen LogP contribution is 2.25. The van der Waals surface area contributed by atoms with Gasteiger partial charge < -0.3 is 4.74 Å². The summed E-state index contributed by atoms with van der Waals surface area (Å²) in [6, 6.07) is 6.25. The van der Waals surface area contributed by atoms with E-state index in [9.17, 15) is 0 Å². The van der Waals surface area contributed by atoms with Crippen LogP contribution in [0.3, 0.4) is 0 Å². The molecule has 0 saturated carbocycles. The van der Waals surface area contributed by atoms with Gasteiger partial charge in [0, 0.05) is 12.2 Å². The molecule has 3 nitrogen and oxygen atoms in total. The molecule has 0 aromatic carbocycles. The second kappa shape index (κ2) is 4.26. The van der Waals surface area contributed by atoms with Crippen LogP contribution >= 0.6 is 12.4 Å². The molecule has 0 aliphatic carbocycles. The smallest absolute Gasteiger partial charge is 0.159 e. The lowest BCUT2D eigenvalue weighted by Gasteiger charge is -2.23. The molecular weight excluding hydrogens is 200 g/mol. The van der Waals surface area contributed by atoms with Crippen LogP contribution in [0.2, 0.25) is 0 Å². The standard InChI is InChI=1S/C10H14N2O.ClH/c1-8-7-13-10(2,12-8)9-5-3-4-6-11-9;/h3-6,8,12H,7H2,1-2H3;1H. The highest BCUT2D eigenvalue weighted by Gasteiger charge is 2.35. The summed E-state index contributed by atoms with van der Waals surface area (Å²) >= 11 is 0. The van der Waals surface area contributed by atoms with Crippen molar-refractivity contribution in [1.29, 1.82) is 0 Å². The Morgan fingerprint density at radius 1 is 1.57 bits per heavy atom. The van der Waals surface area contributed by atoms with E-state index in [2.05, 4.69) is 17.2 Å². The molecule has 14 heavy (non-hydrogen) atoms. The molecule has 1 fully saturated rings. The van der Waals surface area contributed by atoms with Gasteiger partial charge in [0.1, 0.15) is 0 Å². The Morgan fingerprint density at radius 3 is 2.86 bits per heavy atom. The van der Waals surface area contributed by atoms with Crippen LogP contribution < -0.4 is 5.32 Å². The van der Waals surface area contributed by atoms with Crippen molar-refractivity contribution in [1.82, 2.24) is 10.3 Å². The summed E-state index contributed by atoms with van der Waals surface area (Å²) in [5.74, 6) is 0. The number of ether oxygens (including phenoxy) is 1. The zero-order valence-corrected chi connectivity index (χ0v) is 9.17. The normalized spacial score (nSPS) is 31.1. The molecule has 2 unspecified atom stereocenters. The number of nitrogens with one attached hydrogen (secondary N) is 1. The Morgan fingerprint density at radius 2 is 2.36 bits per heavy atom. The third-order valence-corrected chi connectivity index (χ3v) is 2.30. The lowest BCUT2D eigenvalue weighted by Crippen LogP contribution is -2.38. The molecule has 2 rings (SSSR count). The van der Waals surface area contributed by atoms with Crippen LogP contribution in [-0.4, -0.2) is 17.6 Å². The Hall–Kier alpha value is -0.640. The van der Waals surface area contributed by atoms with E-state index in [0.29, 0.717) is 6.04 Å². The summed E-state index contributed by atoms with van der Waals surface area (Å²) in [7, 11) is 0. The van der Waals surface area contributed by atoms with Gasteiger partial charge in [0.05, 0.1) is 12.3 Å². The Bertz CT molecular complexity index is 293. The lowest BCUT2D eigenvalue weighted by molar-refractivity contribution is -0.00127. The monoisotopic (exact) mass is 214 g/mol. The van der Waals surface area contributed by atoms with E-state index in [1.54, 1.807) is 6.20 Å². The summed E-state index contributed by atoms with van der Waals surface area (Å²) in [5, 5.41) is 3.36. The van der Waals surface area contributed by atoms with Gasteiger partial charge in [-0.15, -0.1) is 12.4 Å². The maximum atomic E-state index is 5.67. The van der Waals surface area contributed by atoms with E-state index in [-0.39, 0.29) is 12.4 Å². The molecule has 78 valence electrons. The molecule has 1 aliphatic rings. The van der Waals surface area contributed by atoms with E-state index in [1.807, 2.05) is 25.1 Å². The summed E-state index contributed by atoms with van der Waals surface area (Å²) in [6.07, 6.45) is 1.79. The van der Waals surface area contributed by atoms with Gasteiger partial charge in [0.15, 0.2) is 5.72 Å². The minimum Gasteiger partial charge on any atom is -0.353 e. The molecule has 2 heterocycles. The SMILES string of the molecule is CC1COC(C)(c2ccccn2)N1.Cl. The van der Waals surface area contributed by atoms with Crippen molar-refractivity contribution < 1.29 is 4.74 Å². The average molecular weight is 215 g/mol. The predicted molar refractivity (Wildman–Crippen MR) is 57.4 cm³/mol. The second-order valence-corrected chi connectivity index (χ2v) is 3.60. The van der Waals surface area contributed by atoms with Gasteiger partial charge in [-0.25, -0.2) is 0 Å². The largest absolute Gasteiger partial charge is 0.353 e. The van der Waals surface area contributed by atoms with Crippen LogP contribution in [-0.2, 0) is 10.5 Å². The van der Waals surface area contributed by atoms with Crippen molar-refractivity contribution in [3.63, 3.8) is 0 Å². The number of hydrogen-bond acceptors (Lipinski definition) is 3. The molecule has 1 aromatic rings. The van der Waals surface area contributed by atoms with E-state index >= 15 is 0 Å². The van der Waals surface area contributed by atoms with Crippen LogP contribution in [0, 0.1) is 0 Å². The Kier molecular flexibility index (Phi) is 3.48. The Labute approximate surface area is 90.3 Å². The minimum absolute atomic E-state index is 0. The molecule has 1 N–H and O–H groups in total. The predicted octanol–water partition coefficient (Wildman–Crippen LogP) is 1.68. The van der Waals surface area contributed by atoms with Crippen LogP contribution in [0.15, 0.2) is 24.4 Å². The first-order chi connectivity index (χ1) is 6.21. The number of pyridine rings is 1. The number of halogens is 1. The molecule has 0 spiro atoms. The van der Waals surface area contributed by atoms with Crippen molar-refractivity contribution in [3.05, 3.63) is 30.1 Å². The maximum Gasteiger partial charge on any atom is 0.159 e. The quantitative estimate of drug-likeness (QED) is 0.773. The first-order valence-electron chi connectivity index (χ1n) is 4.54. The zero-order chi connectivity index (χ0) is 9.31. The molecule has 1 saturated heterocycles. The van der Waals surface area contributed by atoms with Gasteiger partial charge in [-0.1, -0.05) is 6.07 Å². The first kappa shape index (κ1) is 11.4. The molecule has 4 heteroatoms. The van der Waals surface area contributed by atoms with Crippen LogP contribution in [0.4, 0.5) is 0 Å². The van der Waals surface area contributed by atoms with Gasteiger partial charge in [0.2, 0.25) is 0 Å². The summed E-state index contributed by atoms with van der Waals surface area (Å²) in [5.41, 5.74) is 0.542. The van der Waals surface area contributed by atoms with Gasteiger partial charge in [0.25, 0.3) is 0 Å². The molecule has 0 amide bonds. The maximum absolute atomic E-state index is 5.67. The highest BCUT2D eigenvalue weighted by atomic mass is 35.5. The van der Waals surface area contributed by atoms with Gasteiger partial charge in [-0.3, -0.25) is 10.3 Å². The third-order valence-electron chi connectivity index (χ3n) is 2.30. The van der Waals surface area contributed by atoms with Crippen molar-refractivity contribution in [2.24, 2.45) is 0 Å². The second-order valence-electron chi connectivity index (χ2n) is 3.60. The third kappa shape index (κ3) is 2.05. The van der Waals surface area contributed by atoms with Crippen LogP contribution in [0.25, 0.3) is 0 Å². The number of rotatable bonds is 1.